The number of hydrogen-bond acceptors (Lipinski definition) is 3. The fourth-order valence-electron chi connectivity index (χ4n) is 3.50. The fourth-order valence-corrected chi connectivity index (χ4v) is 3.50. The van der Waals surface area contributed by atoms with Crippen LogP contribution in [0.4, 0.5) is 0 Å². The molecule has 0 aromatic carbocycles. The number of carbonyl (C=O) groups is 1. The van der Waals surface area contributed by atoms with E-state index in [-0.39, 0.29) is 12.4 Å². The van der Waals surface area contributed by atoms with Gasteiger partial charge < -0.3 is 15.0 Å². The van der Waals surface area contributed by atoms with Crippen molar-refractivity contribution in [2.24, 2.45) is 17.8 Å². The summed E-state index contributed by atoms with van der Waals surface area (Å²) in [5.41, 5.74) is 0. The summed E-state index contributed by atoms with van der Waals surface area (Å²) in [4.78, 5) is 14.3. The minimum atomic E-state index is 0. The predicted molar refractivity (Wildman–Crippen MR) is 92.4 cm³/mol. The van der Waals surface area contributed by atoms with Gasteiger partial charge >= 0.3 is 0 Å². The van der Waals surface area contributed by atoms with E-state index in [2.05, 4.69) is 12.2 Å². The van der Waals surface area contributed by atoms with Crippen LogP contribution in [0.25, 0.3) is 0 Å². The van der Waals surface area contributed by atoms with Crippen molar-refractivity contribution in [3.8, 4) is 0 Å². The minimum Gasteiger partial charge on any atom is -0.381 e. The first-order valence-electron chi connectivity index (χ1n) is 8.69. The van der Waals surface area contributed by atoms with Gasteiger partial charge in [-0.25, -0.2) is 0 Å². The van der Waals surface area contributed by atoms with Crippen LogP contribution in [0.2, 0.25) is 0 Å². The molecule has 2 fully saturated rings. The molecule has 2 heterocycles. The second kappa shape index (κ2) is 10.5. The van der Waals surface area contributed by atoms with Crippen molar-refractivity contribution in [3.63, 3.8) is 0 Å². The average Bonchev–Trinajstić information content (AvgIpc) is 2.54. The zero-order chi connectivity index (χ0) is 15.1. The first-order chi connectivity index (χ1) is 10.2. The molecule has 2 rings (SSSR count). The number of hydrogen-bond donors (Lipinski definition) is 1. The number of nitrogens with one attached hydrogen (secondary N) is 1. The van der Waals surface area contributed by atoms with Gasteiger partial charge in [0.25, 0.3) is 0 Å². The molecule has 0 spiro atoms. The van der Waals surface area contributed by atoms with Crippen LogP contribution in [-0.2, 0) is 9.53 Å². The van der Waals surface area contributed by atoms with Crippen LogP contribution in [0.3, 0.4) is 0 Å². The molecule has 5 heteroatoms. The third-order valence-corrected chi connectivity index (χ3v) is 5.28. The lowest BCUT2D eigenvalue weighted by Gasteiger charge is -2.30. The van der Waals surface area contributed by atoms with Crippen molar-refractivity contribution >= 4 is 18.3 Å². The zero-order valence-electron chi connectivity index (χ0n) is 14.2. The van der Waals surface area contributed by atoms with Crippen molar-refractivity contribution in [1.82, 2.24) is 10.2 Å². The Kier molecular flexibility index (Phi) is 9.37. The molecular weight excluding hydrogens is 300 g/mol. The fraction of sp³-hybridized carbons (Fsp3) is 0.941. The zero-order valence-corrected chi connectivity index (χ0v) is 15.0. The highest BCUT2D eigenvalue weighted by Crippen LogP contribution is 2.23. The van der Waals surface area contributed by atoms with Crippen LogP contribution < -0.4 is 5.32 Å². The summed E-state index contributed by atoms with van der Waals surface area (Å²) in [6.45, 7) is 7.16. The van der Waals surface area contributed by atoms with E-state index in [1.807, 2.05) is 11.9 Å². The van der Waals surface area contributed by atoms with E-state index in [1.165, 1.54) is 12.8 Å². The summed E-state index contributed by atoms with van der Waals surface area (Å²) in [5.74, 6) is 2.23. The van der Waals surface area contributed by atoms with Crippen molar-refractivity contribution in [2.75, 3.05) is 39.9 Å². The summed E-state index contributed by atoms with van der Waals surface area (Å²) in [6.07, 6.45) is 6.68. The molecule has 0 aromatic rings. The number of carbonyl (C=O) groups excluding carboxylic acids is 1. The SMILES string of the molecule is CC(CC(=O)N(C)CCC1CCOCC1)C1CCCNC1.Cl. The van der Waals surface area contributed by atoms with Gasteiger partial charge in [0.2, 0.25) is 5.91 Å². The molecular formula is C17H33ClN2O2. The van der Waals surface area contributed by atoms with Crippen molar-refractivity contribution < 1.29 is 9.53 Å². The van der Waals surface area contributed by atoms with Crippen LogP contribution in [0.5, 0.6) is 0 Å². The Hall–Kier alpha value is -0.320. The topological polar surface area (TPSA) is 41.6 Å². The quantitative estimate of drug-likeness (QED) is 0.813. The minimum absolute atomic E-state index is 0. The molecule has 130 valence electrons. The van der Waals surface area contributed by atoms with E-state index in [0.717, 1.165) is 58.0 Å². The molecule has 22 heavy (non-hydrogen) atoms. The summed E-state index contributed by atoms with van der Waals surface area (Å²) in [7, 11) is 1.97. The van der Waals surface area contributed by atoms with Crippen LogP contribution in [-0.4, -0.2) is 50.7 Å². The van der Waals surface area contributed by atoms with E-state index in [1.54, 1.807) is 0 Å². The van der Waals surface area contributed by atoms with Crippen LogP contribution in [0.15, 0.2) is 0 Å². The third kappa shape index (κ3) is 6.43. The van der Waals surface area contributed by atoms with Crippen molar-refractivity contribution in [3.05, 3.63) is 0 Å². The van der Waals surface area contributed by atoms with Gasteiger partial charge in [-0.1, -0.05) is 6.92 Å². The van der Waals surface area contributed by atoms with Crippen LogP contribution in [0, 0.1) is 17.8 Å². The molecule has 2 aliphatic rings. The third-order valence-electron chi connectivity index (χ3n) is 5.28. The molecule has 2 unspecified atom stereocenters. The summed E-state index contributed by atoms with van der Waals surface area (Å²) in [5, 5.41) is 3.45. The second-order valence-electron chi connectivity index (χ2n) is 6.95. The van der Waals surface area contributed by atoms with Crippen molar-refractivity contribution in [2.45, 2.75) is 45.4 Å². The number of rotatable bonds is 6. The van der Waals surface area contributed by atoms with Crippen molar-refractivity contribution in [1.29, 1.82) is 0 Å². The normalized spacial score (nSPS) is 24.4. The molecule has 2 atom stereocenters. The highest BCUT2D eigenvalue weighted by molar-refractivity contribution is 5.85. The van der Waals surface area contributed by atoms with E-state index in [9.17, 15) is 4.79 Å². The van der Waals surface area contributed by atoms with E-state index in [4.69, 9.17) is 4.74 Å². The van der Waals surface area contributed by atoms with Gasteiger partial charge in [-0.15, -0.1) is 12.4 Å². The predicted octanol–water partition coefficient (Wildman–Crippen LogP) is 2.71. The van der Waals surface area contributed by atoms with Gasteiger partial charge in [-0.3, -0.25) is 4.79 Å². The maximum absolute atomic E-state index is 12.3. The molecule has 0 radical (unpaired) electrons. The summed E-state index contributed by atoms with van der Waals surface area (Å²) in [6, 6.07) is 0. The monoisotopic (exact) mass is 332 g/mol. The molecule has 2 aliphatic heterocycles. The lowest BCUT2D eigenvalue weighted by atomic mass is 9.85. The van der Waals surface area contributed by atoms with Gasteiger partial charge in [0.15, 0.2) is 0 Å². The first kappa shape index (κ1) is 19.7. The van der Waals surface area contributed by atoms with E-state index >= 15 is 0 Å². The van der Waals surface area contributed by atoms with E-state index in [0.29, 0.717) is 24.2 Å². The maximum Gasteiger partial charge on any atom is 0.222 e. The Labute approximate surface area is 141 Å². The summed E-state index contributed by atoms with van der Waals surface area (Å²) < 4.78 is 5.39. The Morgan fingerprint density at radius 2 is 2.05 bits per heavy atom. The van der Waals surface area contributed by atoms with Gasteiger partial charge in [0.05, 0.1) is 0 Å². The summed E-state index contributed by atoms with van der Waals surface area (Å²) >= 11 is 0. The van der Waals surface area contributed by atoms with Crippen LogP contribution in [0.1, 0.15) is 45.4 Å². The van der Waals surface area contributed by atoms with Crippen LogP contribution >= 0.6 is 12.4 Å². The molecule has 4 nitrogen and oxygen atoms in total. The Balaban J connectivity index is 0.00000242. The van der Waals surface area contributed by atoms with Gasteiger partial charge in [0, 0.05) is 33.2 Å². The van der Waals surface area contributed by atoms with Gasteiger partial charge in [-0.2, -0.15) is 0 Å². The first-order valence-corrected chi connectivity index (χ1v) is 8.69. The standard InChI is InChI=1S/C17H32N2O2.ClH/c1-14(16-4-3-8-18-13-16)12-17(20)19(2)9-5-15-6-10-21-11-7-15;/h14-16,18H,3-13H2,1-2H3;1H. The van der Waals surface area contributed by atoms with Gasteiger partial charge in [0.1, 0.15) is 0 Å². The maximum atomic E-state index is 12.3. The molecule has 0 aliphatic carbocycles. The lowest BCUT2D eigenvalue weighted by molar-refractivity contribution is -0.131. The Morgan fingerprint density at radius 3 is 2.68 bits per heavy atom. The molecule has 1 N–H and O–H groups in total. The molecule has 2 saturated heterocycles. The number of piperidine rings is 1. The smallest absolute Gasteiger partial charge is 0.222 e. The molecule has 1 amide bonds. The molecule has 0 bridgehead atoms. The van der Waals surface area contributed by atoms with E-state index < -0.39 is 0 Å². The number of ether oxygens (including phenoxy) is 1. The number of amides is 1. The lowest BCUT2D eigenvalue weighted by Crippen LogP contribution is -2.36. The highest BCUT2D eigenvalue weighted by Gasteiger charge is 2.23. The average molecular weight is 333 g/mol. The molecule has 0 aromatic heterocycles. The largest absolute Gasteiger partial charge is 0.381 e. The Morgan fingerprint density at radius 1 is 1.32 bits per heavy atom. The second-order valence-corrected chi connectivity index (χ2v) is 6.95. The number of halogens is 1. The van der Waals surface area contributed by atoms with Gasteiger partial charge in [-0.05, 0) is 62.9 Å². The Bertz CT molecular complexity index is 316. The molecule has 0 saturated carbocycles. The number of nitrogens with zero attached hydrogens (tertiary/aromatic N) is 1. The highest BCUT2D eigenvalue weighted by atomic mass is 35.5.